The summed E-state index contributed by atoms with van der Waals surface area (Å²) in [6.07, 6.45) is 0. The van der Waals surface area contributed by atoms with Gasteiger partial charge in [-0.2, -0.15) is 0 Å². The van der Waals surface area contributed by atoms with Crippen molar-refractivity contribution >= 4 is 17.2 Å². The van der Waals surface area contributed by atoms with Crippen LogP contribution < -0.4 is 19.5 Å². The zero-order valence-electron chi connectivity index (χ0n) is 18.2. The third kappa shape index (κ3) is 6.33. The molecule has 33 heavy (non-hydrogen) atoms. The van der Waals surface area contributed by atoms with Crippen LogP contribution in [-0.2, 0) is 19.8 Å². The van der Waals surface area contributed by atoms with Crippen molar-refractivity contribution in [2.24, 2.45) is 0 Å². The van der Waals surface area contributed by atoms with Crippen LogP contribution in [0.3, 0.4) is 0 Å². The average molecular weight is 461 g/mol. The third-order valence-electron chi connectivity index (χ3n) is 4.88. The van der Waals surface area contributed by atoms with Crippen LogP contribution >= 0.6 is 11.3 Å². The van der Waals surface area contributed by atoms with Crippen molar-refractivity contribution in [1.82, 2.24) is 10.3 Å². The van der Waals surface area contributed by atoms with E-state index < -0.39 is 0 Å². The molecule has 168 valence electrons. The van der Waals surface area contributed by atoms with Crippen molar-refractivity contribution in [3.63, 3.8) is 0 Å². The SMILES string of the molecule is COc1cc(C(=O)NCc2cccc(COc3ccccc3)c2)ccc1OCc1cscn1. The van der Waals surface area contributed by atoms with Gasteiger partial charge in [0.1, 0.15) is 19.0 Å². The van der Waals surface area contributed by atoms with Crippen molar-refractivity contribution in [3.8, 4) is 17.2 Å². The van der Waals surface area contributed by atoms with Gasteiger partial charge in [-0.25, -0.2) is 4.98 Å². The highest BCUT2D eigenvalue weighted by Crippen LogP contribution is 2.29. The molecule has 6 nitrogen and oxygen atoms in total. The summed E-state index contributed by atoms with van der Waals surface area (Å²) in [5, 5.41) is 4.88. The Morgan fingerprint density at radius 2 is 1.76 bits per heavy atom. The molecule has 4 rings (SSSR count). The summed E-state index contributed by atoms with van der Waals surface area (Å²) < 4.78 is 17.0. The van der Waals surface area contributed by atoms with Crippen LogP contribution in [0.4, 0.5) is 0 Å². The number of para-hydroxylation sites is 1. The zero-order chi connectivity index (χ0) is 22.9. The van der Waals surface area contributed by atoms with Crippen LogP contribution in [0.25, 0.3) is 0 Å². The number of rotatable bonds is 10. The minimum atomic E-state index is -0.190. The van der Waals surface area contributed by atoms with Gasteiger partial charge in [-0.1, -0.05) is 42.5 Å². The summed E-state index contributed by atoms with van der Waals surface area (Å²) >= 11 is 1.51. The Balaban J connectivity index is 1.33. The monoisotopic (exact) mass is 460 g/mol. The Labute approximate surface area is 196 Å². The minimum Gasteiger partial charge on any atom is -0.493 e. The third-order valence-corrected chi connectivity index (χ3v) is 5.51. The molecule has 1 heterocycles. The molecule has 0 fully saturated rings. The number of carbonyl (C=O) groups excluding carboxylic acids is 1. The Morgan fingerprint density at radius 3 is 2.55 bits per heavy atom. The number of nitrogens with one attached hydrogen (secondary N) is 1. The summed E-state index contributed by atoms with van der Waals surface area (Å²) in [4.78, 5) is 16.9. The van der Waals surface area contributed by atoms with Gasteiger partial charge < -0.3 is 19.5 Å². The van der Waals surface area contributed by atoms with Crippen LogP contribution in [-0.4, -0.2) is 18.0 Å². The number of aromatic nitrogens is 1. The molecule has 0 radical (unpaired) electrons. The summed E-state index contributed by atoms with van der Waals surface area (Å²) in [6, 6.07) is 22.8. The standard InChI is InChI=1S/C26H24N2O4S/c1-30-25-13-21(10-11-24(25)32-16-22-17-33-18-28-22)26(29)27-14-19-6-5-7-20(12-19)15-31-23-8-3-2-4-9-23/h2-13,17-18H,14-16H2,1H3,(H,27,29). The zero-order valence-corrected chi connectivity index (χ0v) is 19.0. The van der Waals surface area contributed by atoms with Crippen LogP contribution in [0.1, 0.15) is 27.2 Å². The smallest absolute Gasteiger partial charge is 0.251 e. The van der Waals surface area contributed by atoms with Gasteiger partial charge in [0, 0.05) is 17.5 Å². The molecule has 0 aliphatic heterocycles. The van der Waals surface area contributed by atoms with E-state index in [1.807, 2.05) is 60.0 Å². The quantitative estimate of drug-likeness (QED) is 0.351. The molecular weight excluding hydrogens is 436 g/mol. The van der Waals surface area contributed by atoms with E-state index in [1.165, 1.54) is 11.3 Å². The molecule has 0 bridgehead atoms. The Hall–Kier alpha value is -3.84. The van der Waals surface area contributed by atoms with Gasteiger partial charge in [-0.05, 0) is 41.5 Å². The normalized spacial score (nSPS) is 10.5. The summed E-state index contributed by atoms with van der Waals surface area (Å²) in [6.45, 7) is 1.21. The number of amides is 1. The maximum Gasteiger partial charge on any atom is 0.251 e. The first-order valence-electron chi connectivity index (χ1n) is 10.4. The fourth-order valence-electron chi connectivity index (χ4n) is 3.19. The Morgan fingerprint density at radius 1 is 0.909 bits per heavy atom. The van der Waals surface area contributed by atoms with Gasteiger partial charge in [0.25, 0.3) is 5.91 Å². The van der Waals surface area contributed by atoms with Crippen molar-refractivity contribution < 1.29 is 19.0 Å². The number of carbonyl (C=O) groups is 1. The summed E-state index contributed by atoms with van der Waals surface area (Å²) in [7, 11) is 1.55. The number of benzene rings is 3. The van der Waals surface area contributed by atoms with E-state index in [0.717, 1.165) is 22.6 Å². The molecule has 0 aliphatic rings. The van der Waals surface area contributed by atoms with E-state index in [-0.39, 0.29) is 5.91 Å². The molecule has 0 atom stereocenters. The first-order chi connectivity index (χ1) is 16.2. The average Bonchev–Trinajstić information content (AvgIpc) is 3.39. The molecule has 0 saturated carbocycles. The fourth-order valence-corrected chi connectivity index (χ4v) is 3.73. The van der Waals surface area contributed by atoms with Crippen LogP contribution in [0.5, 0.6) is 17.2 Å². The topological polar surface area (TPSA) is 69.7 Å². The second-order valence-corrected chi connectivity index (χ2v) is 7.96. The molecule has 0 saturated heterocycles. The van der Waals surface area contributed by atoms with Crippen LogP contribution in [0, 0.1) is 0 Å². The first kappa shape index (κ1) is 22.4. The molecule has 1 N–H and O–H groups in total. The summed E-state index contributed by atoms with van der Waals surface area (Å²) in [5.74, 6) is 1.69. The van der Waals surface area contributed by atoms with Crippen molar-refractivity contribution in [3.05, 3.63) is 106 Å². The number of nitrogens with zero attached hydrogens (tertiary/aromatic N) is 1. The first-order valence-corrected chi connectivity index (χ1v) is 11.4. The maximum atomic E-state index is 12.7. The van der Waals surface area contributed by atoms with E-state index in [1.54, 1.807) is 30.8 Å². The van der Waals surface area contributed by atoms with E-state index >= 15 is 0 Å². The van der Waals surface area contributed by atoms with E-state index in [0.29, 0.717) is 36.8 Å². The van der Waals surface area contributed by atoms with Gasteiger partial charge >= 0.3 is 0 Å². The second-order valence-electron chi connectivity index (χ2n) is 7.24. The lowest BCUT2D eigenvalue weighted by Crippen LogP contribution is -2.22. The molecule has 1 amide bonds. The Bertz CT molecular complexity index is 1180. The predicted molar refractivity (Wildman–Crippen MR) is 128 cm³/mol. The van der Waals surface area contributed by atoms with Crippen LogP contribution in [0.2, 0.25) is 0 Å². The highest BCUT2D eigenvalue weighted by Gasteiger charge is 2.12. The lowest BCUT2D eigenvalue weighted by molar-refractivity contribution is 0.0950. The van der Waals surface area contributed by atoms with E-state index in [4.69, 9.17) is 14.2 Å². The second kappa shape index (κ2) is 11.2. The molecule has 4 aromatic rings. The highest BCUT2D eigenvalue weighted by atomic mass is 32.1. The van der Waals surface area contributed by atoms with E-state index in [9.17, 15) is 4.79 Å². The van der Waals surface area contributed by atoms with Crippen molar-refractivity contribution in [2.75, 3.05) is 7.11 Å². The molecule has 0 unspecified atom stereocenters. The minimum absolute atomic E-state index is 0.190. The van der Waals surface area contributed by atoms with Gasteiger partial charge in [-0.15, -0.1) is 11.3 Å². The van der Waals surface area contributed by atoms with E-state index in [2.05, 4.69) is 10.3 Å². The van der Waals surface area contributed by atoms with Gasteiger partial charge in [0.05, 0.1) is 18.3 Å². The lowest BCUT2D eigenvalue weighted by Gasteiger charge is -2.12. The molecule has 1 aromatic heterocycles. The largest absolute Gasteiger partial charge is 0.493 e. The van der Waals surface area contributed by atoms with Gasteiger partial charge in [-0.3, -0.25) is 4.79 Å². The summed E-state index contributed by atoms with van der Waals surface area (Å²) in [5.41, 5.74) is 5.13. The van der Waals surface area contributed by atoms with Crippen molar-refractivity contribution in [2.45, 2.75) is 19.8 Å². The number of hydrogen-bond acceptors (Lipinski definition) is 6. The Kier molecular flexibility index (Phi) is 7.56. The molecule has 7 heteroatoms. The molecular formula is C26H24N2O4S. The number of methoxy groups -OCH3 is 1. The molecule has 0 aliphatic carbocycles. The van der Waals surface area contributed by atoms with Gasteiger partial charge in [0.15, 0.2) is 11.5 Å². The highest BCUT2D eigenvalue weighted by molar-refractivity contribution is 7.07. The number of ether oxygens (including phenoxy) is 3. The fraction of sp³-hybridized carbons (Fsp3) is 0.154. The van der Waals surface area contributed by atoms with Crippen molar-refractivity contribution in [1.29, 1.82) is 0 Å². The molecule has 0 spiro atoms. The number of thiazole rings is 1. The molecule has 3 aromatic carbocycles. The van der Waals surface area contributed by atoms with Crippen LogP contribution in [0.15, 0.2) is 83.7 Å². The lowest BCUT2D eigenvalue weighted by atomic mass is 10.1. The maximum absolute atomic E-state index is 12.7. The van der Waals surface area contributed by atoms with Gasteiger partial charge in [0.2, 0.25) is 0 Å². The predicted octanol–water partition coefficient (Wildman–Crippen LogP) is 5.24. The number of hydrogen-bond donors (Lipinski definition) is 1.